The molecule has 0 atom stereocenters. The highest BCUT2D eigenvalue weighted by atomic mass is 16.5. The van der Waals surface area contributed by atoms with Gasteiger partial charge in [-0.1, -0.05) is 0 Å². The first-order valence-corrected chi connectivity index (χ1v) is 5.74. The van der Waals surface area contributed by atoms with Crippen LogP contribution in [-0.2, 0) is 28.6 Å². The van der Waals surface area contributed by atoms with E-state index in [0.717, 1.165) is 14.2 Å². The van der Waals surface area contributed by atoms with Crippen molar-refractivity contribution in [1.29, 1.82) is 0 Å². The van der Waals surface area contributed by atoms with Crippen LogP contribution >= 0.6 is 0 Å². The molecule has 0 amide bonds. The average molecular weight is 270 g/mol. The van der Waals surface area contributed by atoms with Crippen molar-refractivity contribution in [3.8, 4) is 12.3 Å². The van der Waals surface area contributed by atoms with E-state index < -0.39 is 23.3 Å². The number of hydrogen-bond acceptors (Lipinski definition) is 6. The molecule has 0 aromatic carbocycles. The van der Waals surface area contributed by atoms with E-state index in [0.29, 0.717) is 0 Å². The summed E-state index contributed by atoms with van der Waals surface area (Å²) in [6.45, 7) is 1.88. The summed E-state index contributed by atoms with van der Waals surface area (Å²) in [4.78, 5) is 35.0. The first-order valence-electron chi connectivity index (χ1n) is 5.74. The van der Waals surface area contributed by atoms with Crippen LogP contribution in [0.15, 0.2) is 0 Å². The Morgan fingerprint density at radius 3 is 2.05 bits per heavy atom. The molecule has 0 saturated carbocycles. The summed E-state index contributed by atoms with van der Waals surface area (Å²) < 4.78 is 13.9. The minimum Gasteiger partial charge on any atom is -0.468 e. The molecule has 0 radical (unpaired) electrons. The monoisotopic (exact) mass is 270 g/mol. The van der Waals surface area contributed by atoms with Crippen LogP contribution in [0.5, 0.6) is 0 Å². The number of carbonyl (C=O) groups excluding carboxylic acids is 3. The third-order valence-corrected chi connectivity index (χ3v) is 2.62. The molecule has 0 N–H and O–H groups in total. The summed E-state index contributed by atoms with van der Waals surface area (Å²) in [6.07, 6.45) is 4.74. The summed E-state index contributed by atoms with van der Waals surface area (Å²) >= 11 is 0. The second-order valence-corrected chi connectivity index (χ2v) is 3.75. The molecule has 0 aliphatic heterocycles. The molecule has 0 unspecified atom stereocenters. The maximum Gasteiger partial charge on any atom is 0.324 e. The lowest BCUT2D eigenvalue weighted by Gasteiger charge is -2.25. The maximum atomic E-state index is 11.8. The Labute approximate surface area is 112 Å². The average Bonchev–Trinajstić information content (AvgIpc) is 2.42. The summed E-state index contributed by atoms with van der Waals surface area (Å²) in [6, 6.07) is 0. The van der Waals surface area contributed by atoms with Crippen molar-refractivity contribution in [2.75, 3.05) is 20.8 Å². The molecule has 0 rings (SSSR count). The van der Waals surface area contributed by atoms with E-state index in [1.54, 1.807) is 6.92 Å². The quantitative estimate of drug-likeness (QED) is 0.293. The lowest BCUT2D eigenvalue weighted by molar-refractivity contribution is -0.169. The van der Waals surface area contributed by atoms with Gasteiger partial charge < -0.3 is 14.2 Å². The van der Waals surface area contributed by atoms with Gasteiger partial charge in [-0.3, -0.25) is 14.4 Å². The third kappa shape index (κ3) is 4.28. The van der Waals surface area contributed by atoms with E-state index in [2.05, 4.69) is 15.4 Å². The van der Waals surface area contributed by atoms with E-state index in [1.807, 2.05) is 0 Å². The Balaban J connectivity index is 5.12. The number of esters is 3. The van der Waals surface area contributed by atoms with Crippen LogP contribution in [0.1, 0.15) is 26.2 Å². The van der Waals surface area contributed by atoms with E-state index >= 15 is 0 Å². The Kier molecular flexibility index (Phi) is 7.27. The van der Waals surface area contributed by atoms with E-state index in [9.17, 15) is 14.4 Å². The fraction of sp³-hybridized carbons (Fsp3) is 0.615. The van der Waals surface area contributed by atoms with Gasteiger partial charge in [0.1, 0.15) is 0 Å². The van der Waals surface area contributed by atoms with E-state index in [1.165, 1.54) is 0 Å². The molecule has 0 aliphatic carbocycles. The largest absolute Gasteiger partial charge is 0.468 e. The molecular weight excluding hydrogens is 252 g/mol. The fourth-order valence-corrected chi connectivity index (χ4v) is 1.63. The first kappa shape index (κ1) is 17.0. The highest BCUT2D eigenvalue weighted by Crippen LogP contribution is 2.31. The minimum atomic E-state index is -1.66. The molecule has 106 valence electrons. The van der Waals surface area contributed by atoms with Gasteiger partial charge in [-0.15, -0.1) is 12.3 Å². The van der Waals surface area contributed by atoms with Crippen LogP contribution in [-0.4, -0.2) is 38.7 Å². The highest BCUT2D eigenvalue weighted by Gasteiger charge is 2.48. The van der Waals surface area contributed by atoms with Crippen molar-refractivity contribution in [2.45, 2.75) is 26.2 Å². The summed E-state index contributed by atoms with van der Waals surface area (Å²) in [5.41, 5.74) is -1.66. The van der Waals surface area contributed by atoms with Crippen molar-refractivity contribution in [1.82, 2.24) is 0 Å². The van der Waals surface area contributed by atoms with Crippen LogP contribution in [0.2, 0.25) is 0 Å². The number of terminal acetylenes is 1. The van der Waals surface area contributed by atoms with E-state index in [4.69, 9.17) is 11.2 Å². The van der Waals surface area contributed by atoms with Gasteiger partial charge in [-0.25, -0.2) is 0 Å². The predicted octanol–water partition coefficient (Wildman–Crippen LogP) is 0.685. The standard InChI is InChI=1S/C13H18O6/c1-5-8-13(11(15)17-3,12(16)18-4)9-7-10(14)19-6-2/h1H,6-9H2,2-4H3. The topological polar surface area (TPSA) is 78.9 Å². The number of rotatable bonds is 7. The van der Waals surface area contributed by atoms with Crippen LogP contribution < -0.4 is 0 Å². The predicted molar refractivity (Wildman–Crippen MR) is 65.8 cm³/mol. The van der Waals surface area contributed by atoms with Crippen molar-refractivity contribution in [2.24, 2.45) is 5.41 Å². The normalized spacial score (nSPS) is 10.2. The number of methoxy groups -OCH3 is 2. The maximum absolute atomic E-state index is 11.8. The van der Waals surface area contributed by atoms with E-state index in [-0.39, 0.29) is 25.9 Å². The molecular formula is C13H18O6. The summed E-state index contributed by atoms with van der Waals surface area (Å²) in [5.74, 6) is 0.0882. The smallest absolute Gasteiger partial charge is 0.324 e. The van der Waals surface area contributed by atoms with Gasteiger partial charge >= 0.3 is 17.9 Å². The SMILES string of the molecule is C#CCC(CCC(=O)OCC)(C(=O)OC)C(=O)OC. The molecule has 0 aromatic heterocycles. The first-order chi connectivity index (χ1) is 8.98. The number of ether oxygens (including phenoxy) is 3. The molecule has 0 aromatic rings. The molecule has 0 spiro atoms. The van der Waals surface area contributed by atoms with Gasteiger partial charge in [0.25, 0.3) is 0 Å². The molecule has 0 saturated heterocycles. The summed E-state index contributed by atoms with van der Waals surface area (Å²) in [7, 11) is 2.28. The van der Waals surface area contributed by atoms with Gasteiger partial charge in [0.15, 0.2) is 5.41 Å². The molecule has 0 heterocycles. The molecule has 0 bridgehead atoms. The van der Waals surface area contributed by atoms with Gasteiger partial charge in [0, 0.05) is 12.8 Å². The Hall–Kier alpha value is -2.03. The fourth-order valence-electron chi connectivity index (χ4n) is 1.63. The van der Waals surface area contributed by atoms with Crippen molar-refractivity contribution >= 4 is 17.9 Å². The van der Waals surface area contributed by atoms with Crippen molar-refractivity contribution in [3.05, 3.63) is 0 Å². The van der Waals surface area contributed by atoms with Crippen molar-refractivity contribution < 1.29 is 28.6 Å². The Bertz CT molecular complexity index is 363. The molecule has 0 aliphatic rings. The lowest BCUT2D eigenvalue weighted by Crippen LogP contribution is -2.41. The zero-order valence-corrected chi connectivity index (χ0v) is 11.4. The van der Waals surface area contributed by atoms with Crippen LogP contribution in [0.3, 0.4) is 0 Å². The third-order valence-electron chi connectivity index (χ3n) is 2.62. The second-order valence-electron chi connectivity index (χ2n) is 3.75. The molecule has 0 fully saturated rings. The Morgan fingerprint density at radius 1 is 1.16 bits per heavy atom. The van der Waals surface area contributed by atoms with Crippen LogP contribution in [0, 0.1) is 17.8 Å². The molecule has 6 heteroatoms. The Morgan fingerprint density at radius 2 is 1.68 bits per heavy atom. The molecule has 19 heavy (non-hydrogen) atoms. The zero-order chi connectivity index (χ0) is 14.9. The molecule has 6 nitrogen and oxygen atoms in total. The number of carbonyl (C=O) groups is 3. The van der Waals surface area contributed by atoms with Crippen molar-refractivity contribution in [3.63, 3.8) is 0 Å². The van der Waals surface area contributed by atoms with Crippen LogP contribution in [0.25, 0.3) is 0 Å². The highest BCUT2D eigenvalue weighted by molar-refractivity contribution is 6.00. The zero-order valence-electron chi connectivity index (χ0n) is 11.4. The van der Waals surface area contributed by atoms with Gasteiger partial charge in [0.05, 0.1) is 20.8 Å². The lowest BCUT2D eigenvalue weighted by atomic mass is 9.80. The van der Waals surface area contributed by atoms with Gasteiger partial charge in [-0.2, -0.15) is 0 Å². The summed E-state index contributed by atoms with van der Waals surface area (Å²) in [5, 5.41) is 0. The van der Waals surface area contributed by atoms with Gasteiger partial charge in [-0.05, 0) is 13.3 Å². The van der Waals surface area contributed by atoms with Crippen LogP contribution in [0.4, 0.5) is 0 Å². The van der Waals surface area contributed by atoms with Gasteiger partial charge in [0.2, 0.25) is 0 Å². The number of hydrogen-bond donors (Lipinski definition) is 0. The minimum absolute atomic E-state index is 0.116. The second kappa shape index (κ2) is 8.14.